The van der Waals surface area contributed by atoms with Crippen LogP contribution in [0, 0.1) is 20.8 Å². The molecule has 0 radical (unpaired) electrons. The summed E-state index contributed by atoms with van der Waals surface area (Å²) in [7, 11) is 4.15. The Kier molecular flexibility index (Phi) is 7.13. The zero-order valence-corrected chi connectivity index (χ0v) is 20.8. The maximum absolute atomic E-state index is 2.27. The highest BCUT2D eigenvalue weighted by Gasteiger charge is 2.08. The third-order valence-electron chi connectivity index (χ3n) is 6.20. The van der Waals surface area contributed by atoms with Crippen LogP contribution in [0.2, 0.25) is 0 Å². The number of hydrogen-bond acceptors (Lipinski definition) is 1. The summed E-state index contributed by atoms with van der Waals surface area (Å²) in [5.41, 5.74) is 12.3. The van der Waals surface area contributed by atoms with Gasteiger partial charge in [-0.2, -0.15) is 0 Å². The van der Waals surface area contributed by atoms with Crippen LogP contribution < -0.4 is 4.90 Å². The summed E-state index contributed by atoms with van der Waals surface area (Å²) in [5, 5.41) is 0. The van der Waals surface area contributed by atoms with E-state index in [0.29, 0.717) is 0 Å². The fraction of sp³-hybridized carbons (Fsp3) is 0.152. The molecule has 0 aromatic heterocycles. The van der Waals surface area contributed by atoms with Crippen molar-refractivity contribution >= 4 is 16.8 Å². The highest BCUT2D eigenvalue weighted by molar-refractivity contribution is 5.86. The average Bonchev–Trinajstić information content (AvgIpc) is 2.84. The van der Waals surface area contributed by atoms with Gasteiger partial charge in [-0.05, 0) is 66.3 Å². The Morgan fingerprint density at radius 1 is 0.441 bits per heavy atom. The number of rotatable bonds is 6. The number of allylic oxidation sites excluding steroid dienone is 2. The Hall–Kier alpha value is -3.84. The molecule has 0 spiro atoms. The summed E-state index contributed by atoms with van der Waals surface area (Å²) in [6.45, 7) is 6.39. The molecule has 0 heterocycles. The molecule has 0 N–H and O–H groups in total. The Bertz CT molecular complexity index is 1240. The van der Waals surface area contributed by atoms with E-state index in [-0.39, 0.29) is 0 Å². The van der Waals surface area contributed by atoms with Crippen LogP contribution in [0.4, 0.5) is 5.69 Å². The van der Waals surface area contributed by atoms with E-state index in [1.54, 1.807) is 0 Å². The van der Waals surface area contributed by atoms with Gasteiger partial charge in [0.25, 0.3) is 0 Å². The van der Waals surface area contributed by atoms with Crippen molar-refractivity contribution in [2.45, 2.75) is 20.8 Å². The first-order chi connectivity index (χ1) is 16.4. The fourth-order valence-corrected chi connectivity index (χ4v) is 4.02. The minimum atomic E-state index is 1.20. The molecule has 0 aliphatic rings. The van der Waals surface area contributed by atoms with E-state index in [2.05, 4.69) is 149 Å². The molecule has 1 nitrogen and oxygen atoms in total. The Morgan fingerprint density at radius 2 is 0.706 bits per heavy atom. The van der Waals surface area contributed by atoms with Crippen molar-refractivity contribution in [3.05, 3.63) is 148 Å². The number of benzene rings is 4. The van der Waals surface area contributed by atoms with Crippen molar-refractivity contribution in [1.29, 1.82) is 0 Å². The quantitative estimate of drug-likeness (QED) is 0.271. The summed E-state index contributed by atoms with van der Waals surface area (Å²) in [5.74, 6) is 0. The molecule has 34 heavy (non-hydrogen) atoms. The lowest BCUT2D eigenvalue weighted by Crippen LogP contribution is -2.08. The Morgan fingerprint density at radius 3 is 0.971 bits per heavy atom. The predicted molar refractivity (Wildman–Crippen MR) is 148 cm³/mol. The molecule has 4 aromatic carbocycles. The molecule has 0 fully saturated rings. The van der Waals surface area contributed by atoms with E-state index in [9.17, 15) is 0 Å². The van der Waals surface area contributed by atoms with Gasteiger partial charge >= 0.3 is 0 Å². The van der Waals surface area contributed by atoms with E-state index in [1.807, 2.05) is 0 Å². The standard InChI is InChI=1S/C33H33N/c1-24-6-12-27(13-7-24)32(28-14-8-25(2)9-15-28)22-23-33(29-16-10-26(3)11-17-29)30-18-20-31(21-19-30)34(4)5/h6-23H,1-5H3/b33-23-. The van der Waals surface area contributed by atoms with E-state index >= 15 is 0 Å². The van der Waals surface area contributed by atoms with Gasteiger partial charge in [0, 0.05) is 19.8 Å². The number of anilines is 1. The van der Waals surface area contributed by atoms with E-state index in [1.165, 1.54) is 55.8 Å². The van der Waals surface area contributed by atoms with Crippen LogP contribution in [-0.4, -0.2) is 14.1 Å². The smallest absolute Gasteiger partial charge is 0.0361 e. The van der Waals surface area contributed by atoms with Crippen molar-refractivity contribution in [3.8, 4) is 0 Å². The van der Waals surface area contributed by atoms with Gasteiger partial charge in [0.1, 0.15) is 0 Å². The molecule has 170 valence electrons. The maximum Gasteiger partial charge on any atom is 0.0361 e. The molecule has 0 saturated heterocycles. The highest BCUT2D eigenvalue weighted by Crippen LogP contribution is 2.29. The molecule has 0 atom stereocenters. The second-order valence-electron chi connectivity index (χ2n) is 9.20. The summed E-state index contributed by atoms with van der Waals surface area (Å²) in [6, 6.07) is 35.2. The highest BCUT2D eigenvalue weighted by atomic mass is 15.1. The number of aryl methyl sites for hydroxylation is 3. The van der Waals surface area contributed by atoms with Crippen LogP contribution >= 0.6 is 0 Å². The Labute approximate surface area is 204 Å². The molecule has 4 rings (SSSR count). The SMILES string of the molecule is Cc1ccc(C(=C/C=C(/c2ccc(C)cc2)c2ccc(N(C)C)cc2)c2ccc(C)cc2)cc1. The summed E-state index contributed by atoms with van der Waals surface area (Å²) in [4.78, 5) is 2.13. The molecule has 0 saturated carbocycles. The van der Waals surface area contributed by atoms with Crippen molar-refractivity contribution in [3.63, 3.8) is 0 Å². The van der Waals surface area contributed by atoms with Crippen molar-refractivity contribution in [1.82, 2.24) is 0 Å². The zero-order chi connectivity index (χ0) is 24.1. The predicted octanol–water partition coefficient (Wildman–Crippen LogP) is 8.24. The first kappa shape index (κ1) is 23.3. The molecule has 4 aromatic rings. The van der Waals surface area contributed by atoms with Crippen LogP contribution in [0.25, 0.3) is 11.1 Å². The normalized spacial score (nSPS) is 11.3. The van der Waals surface area contributed by atoms with Gasteiger partial charge in [-0.1, -0.05) is 114 Å². The van der Waals surface area contributed by atoms with Gasteiger partial charge in [-0.3, -0.25) is 0 Å². The maximum atomic E-state index is 2.27. The van der Waals surface area contributed by atoms with Gasteiger partial charge < -0.3 is 4.90 Å². The van der Waals surface area contributed by atoms with Gasteiger partial charge in [0.05, 0.1) is 0 Å². The molecule has 0 aliphatic carbocycles. The number of hydrogen-bond donors (Lipinski definition) is 0. The summed E-state index contributed by atoms with van der Waals surface area (Å²) < 4.78 is 0. The monoisotopic (exact) mass is 443 g/mol. The second-order valence-corrected chi connectivity index (χ2v) is 9.20. The van der Waals surface area contributed by atoms with Gasteiger partial charge in [0.2, 0.25) is 0 Å². The first-order valence-electron chi connectivity index (χ1n) is 11.8. The minimum Gasteiger partial charge on any atom is -0.378 e. The third-order valence-corrected chi connectivity index (χ3v) is 6.20. The van der Waals surface area contributed by atoms with Crippen LogP contribution in [-0.2, 0) is 0 Å². The van der Waals surface area contributed by atoms with E-state index < -0.39 is 0 Å². The van der Waals surface area contributed by atoms with Gasteiger partial charge in [0.15, 0.2) is 0 Å². The molecule has 1 heteroatoms. The second kappa shape index (κ2) is 10.4. The van der Waals surface area contributed by atoms with Crippen LogP contribution in [0.5, 0.6) is 0 Å². The van der Waals surface area contributed by atoms with Crippen LogP contribution in [0.15, 0.2) is 109 Å². The lowest BCUT2D eigenvalue weighted by Gasteiger charge is -2.15. The number of nitrogens with zero attached hydrogens (tertiary/aromatic N) is 1. The largest absolute Gasteiger partial charge is 0.378 e. The Balaban J connectivity index is 1.87. The van der Waals surface area contributed by atoms with Gasteiger partial charge in [-0.15, -0.1) is 0 Å². The molecule has 0 aliphatic heterocycles. The van der Waals surface area contributed by atoms with Gasteiger partial charge in [-0.25, -0.2) is 0 Å². The lowest BCUT2D eigenvalue weighted by atomic mass is 9.93. The summed E-state index contributed by atoms with van der Waals surface area (Å²) in [6.07, 6.45) is 4.54. The minimum absolute atomic E-state index is 1.20. The lowest BCUT2D eigenvalue weighted by molar-refractivity contribution is 1.13. The topological polar surface area (TPSA) is 3.24 Å². The van der Waals surface area contributed by atoms with E-state index in [0.717, 1.165) is 0 Å². The first-order valence-corrected chi connectivity index (χ1v) is 11.8. The van der Waals surface area contributed by atoms with Crippen LogP contribution in [0.3, 0.4) is 0 Å². The molecule has 0 unspecified atom stereocenters. The van der Waals surface area contributed by atoms with Crippen molar-refractivity contribution < 1.29 is 0 Å². The zero-order valence-electron chi connectivity index (χ0n) is 20.8. The van der Waals surface area contributed by atoms with Crippen molar-refractivity contribution in [2.75, 3.05) is 19.0 Å². The average molecular weight is 444 g/mol. The summed E-state index contributed by atoms with van der Waals surface area (Å²) >= 11 is 0. The fourth-order valence-electron chi connectivity index (χ4n) is 4.02. The van der Waals surface area contributed by atoms with Crippen LogP contribution in [0.1, 0.15) is 38.9 Å². The van der Waals surface area contributed by atoms with E-state index in [4.69, 9.17) is 0 Å². The molecular weight excluding hydrogens is 410 g/mol. The third kappa shape index (κ3) is 5.55. The molecule has 0 bridgehead atoms. The molecule has 0 amide bonds. The van der Waals surface area contributed by atoms with Crippen molar-refractivity contribution in [2.24, 2.45) is 0 Å². The molecular formula is C33H33N.